The van der Waals surface area contributed by atoms with Crippen LogP contribution in [0, 0.1) is 5.82 Å². The maximum Gasteiger partial charge on any atom is 0.434 e. The molecule has 28 heavy (non-hydrogen) atoms. The lowest BCUT2D eigenvalue weighted by Gasteiger charge is -2.37. The summed E-state index contributed by atoms with van der Waals surface area (Å²) in [6.07, 6.45) is -5.78. The number of rotatable bonds is 1. The Hall–Kier alpha value is -2.82. The van der Waals surface area contributed by atoms with Gasteiger partial charge in [-0.05, 0) is 6.92 Å². The Bertz CT molecular complexity index is 1050. The van der Waals surface area contributed by atoms with Crippen LogP contribution in [-0.2, 0) is 22.8 Å². The van der Waals surface area contributed by atoms with Crippen LogP contribution in [0.15, 0.2) is 6.07 Å². The van der Waals surface area contributed by atoms with Crippen LogP contribution in [-0.4, -0.2) is 34.2 Å². The van der Waals surface area contributed by atoms with E-state index in [1.165, 1.54) is 6.92 Å². The maximum absolute atomic E-state index is 14.9. The van der Waals surface area contributed by atoms with Crippen molar-refractivity contribution in [2.45, 2.75) is 19.2 Å². The summed E-state index contributed by atoms with van der Waals surface area (Å²) in [4.78, 5) is 25.6. The molecule has 1 aromatic heterocycles. The van der Waals surface area contributed by atoms with E-state index in [2.05, 4.69) is 10.4 Å². The predicted molar refractivity (Wildman–Crippen MR) is 89.7 cm³/mol. The van der Waals surface area contributed by atoms with Crippen LogP contribution in [0.4, 0.5) is 28.9 Å². The number of carbonyl (C=O) groups excluding carboxylic acids is 2. The smallest absolute Gasteiger partial charge is 0.434 e. The molecule has 0 spiro atoms. The molecule has 12 heteroatoms. The van der Waals surface area contributed by atoms with Gasteiger partial charge in [0.1, 0.15) is 29.5 Å². The molecule has 4 rings (SSSR count). The van der Waals surface area contributed by atoms with Crippen molar-refractivity contribution >= 4 is 34.8 Å². The standard InChI is InChI=1S/C16H11ClF4N4O3/c1-5-15(27)25-4-8(26)22-12-9(6(18)3-7(28-5)13(12)25)11-10(17)14(16(19,20)21)24(2)23-11/h3,5H,4H2,1-2H3,(H,22,26)/t5-/m1/s1. The molecule has 0 radical (unpaired) electrons. The number of anilines is 2. The van der Waals surface area contributed by atoms with Gasteiger partial charge < -0.3 is 10.1 Å². The molecule has 2 aliphatic rings. The first-order valence-corrected chi connectivity index (χ1v) is 8.33. The van der Waals surface area contributed by atoms with Gasteiger partial charge >= 0.3 is 6.18 Å². The van der Waals surface area contributed by atoms with Gasteiger partial charge in [-0.2, -0.15) is 18.3 Å². The van der Waals surface area contributed by atoms with E-state index in [0.29, 0.717) is 4.68 Å². The molecule has 1 aromatic carbocycles. The van der Waals surface area contributed by atoms with Gasteiger partial charge in [0.2, 0.25) is 5.91 Å². The number of hydrogen-bond donors (Lipinski definition) is 1. The lowest BCUT2D eigenvalue weighted by molar-refractivity contribution is -0.143. The molecule has 2 amide bonds. The lowest BCUT2D eigenvalue weighted by atomic mass is 10.0. The molecule has 0 bridgehead atoms. The lowest BCUT2D eigenvalue weighted by Crippen LogP contribution is -2.50. The molecule has 2 aliphatic heterocycles. The predicted octanol–water partition coefficient (Wildman–Crippen LogP) is 2.96. The van der Waals surface area contributed by atoms with Gasteiger partial charge in [0.05, 0.1) is 16.3 Å². The second-order valence-corrected chi connectivity index (χ2v) is 6.70. The molecule has 0 fully saturated rings. The second-order valence-electron chi connectivity index (χ2n) is 6.32. The minimum absolute atomic E-state index is 0.0218. The molecule has 0 saturated carbocycles. The average molecular weight is 419 g/mol. The van der Waals surface area contributed by atoms with E-state index in [0.717, 1.165) is 18.0 Å². The van der Waals surface area contributed by atoms with Gasteiger partial charge in [-0.15, -0.1) is 0 Å². The molecule has 7 nitrogen and oxygen atoms in total. The van der Waals surface area contributed by atoms with E-state index in [1.807, 2.05) is 0 Å². The minimum atomic E-state index is -4.83. The summed E-state index contributed by atoms with van der Waals surface area (Å²) in [5, 5.41) is 5.27. The maximum atomic E-state index is 14.9. The number of carbonyl (C=O) groups is 2. The number of benzene rings is 1. The molecule has 0 unspecified atom stereocenters. The third-order valence-corrected chi connectivity index (χ3v) is 4.82. The van der Waals surface area contributed by atoms with Gasteiger partial charge in [-0.25, -0.2) is 4.39 Å². The zero-order chi connectivity index (χ0) is 20.5. The van der Waals surface area contributed by atoms with E-state index in [1.54, 1.807) is 0 Å². The fourth-order valence-electron chi connectivity index (χ4n) is 3.34. The van der Waals surface area contributed by atoms with E-state index < -0.39 is 51.9 Å². The largest absolute Gasteiger partial charge is 0.478 e. The number of nitrogens with one attached hydrogen (secondary N) is 1. The number of alkyl halides is 3. The number of nitrogens with zero attached hydrogens (tertiary/aromatic N) is 3. The van der Waals surface area contributed by atoms with Crippen molar-refractivity contribution in [1.82, 2.24) is 9.78 Å². The highest BCUT2D eigenvalue weighted by Crippen LogP contribution is 2.50. The molecule has 0 aliphatic carbocycles. The van der Waals surface area contributed by atoms with Gasteiger partial charge in [0, 0.05) is 13.1 Å². The van der Waals surface area contributed by atoms with E-state index in [-0.39, 0.29) is 23.7 Å². The van der Waals surface area contributed by atoms with E-state index >= 15 is 0 Å². The summed E-state index contributed by atoms with van der Waals surface area (Å²) in [6.45, 7) is 1.11. The van der Waals surface area contributed by atoms with Crippen molar-refractivity contribution in [3.63, 3.8) is 0 Å². The van der Waals surface area contributed by atoms with Crippen LogP contribution in [0.1, 0.15) is 12.6 Å². The fourth-order valence-corrected chi connectivity index (χ4v) is 3.71. The Morgan fingerprint density at radius 3 is 2.64 bits per heavy atom. The Kier molecular flexibility index (Phi) is 3.86. The Labute approximate surface area is 159 Å². The van der Waals surface area contributed by atoms with Crippen LogP contribution in [0.5, 0.6) is 5.75 Å². The molecular formula is C16H11ClF4N4O3. The average Bonchev–Trinajstić information content (AvgIpc) is 2.86. The zero-order valence-electron chi connectivity index (χ0n) is 14.3. The number of aryl methyl sites for hydroxylation is 1. The highest BCUT2D eigenvalue weighted by atomic mass is 35.5. The summed E-state index contributed by atoms with van der Waals surface area (Å²) in [7, 11) is 1.01. The first-order chi connectivity index (χ1) is 13.0. The highest BCUT2D eigenvalue weighted by Gasteiger charge is 2.43. The van der Waals surface area contributed by atoms with Crippen molar-refractivity contribution in [3.05, 3.63) is 22.6 Å². The Morgan fingerprint density at radius 2 is 2.04 bits per heavy atom. The monoisotopic (exact) mass is 418 g/mol. The van der Waals surface area contributed by atoms with Crippen molar-refractivity contribution in [3.8, 4) is 17.0 Å². The summed E-state index contributed by atoms with van der Waals surface area (Å²) >= 11 is 5.88. The normalized spacial score (nSPS) is 18.7. The van der Waals surface area contributed by atoms with Crippen molar-refractivity contribution in [2.75, 3.05) is 16.8 Å². The molecule has 148 valence electrons. The third kappa shape index (κ3) is 2.53. The van der Waals surface area contributed by atoms with Gasteiger partial charge in [0.25, 0.3) is 5.91 Å². The molecule has 3 heterocycles. The van der Waals surface area contributed by atoms with Crippen molar-refractivity contribution in [1.29, 1.82) is 0 Å². The summed E-state index contributed by atoms with van der Waals surface area (Å²) < 4.78 is 60.5. The first-order valence-electron chi connectivity index (χ1n) is 7.95. The van der Waals surface area contributed by atoms with Crippen LogP contribution >= 0.6 is 11.6 Å². The van der Waals surface area contributed by atoms with Crippen LogP contribution < -0.4 is 15.0 Å². The zero-order valence-corrected chi connectivity index (χ0v) is 15.1. The van der Waals surface area contributed by atoms with Gasteiger partial charge in [-0.3, -0.25) is 19.2 Å². The number of halogens is 5. The number of aromatic nitrogens is 2. The van der Waals surface area contributed by atoms with Crippen LogP contribution in [0.3, 0.4) is 0 Å². The van der Waals surface area contributed by atoms with E-state index in [9.17, 15) is 27.2 Å². The molecule has 1 N–H and O–H groups in total. The Morgan fingerprint density at radius 1 is 1.36 bits per heavy atom. The number of ether oxygens (including phenoxy) is 1. The third-order valence-electron chi connectivity index (χ3n) is 4.47. The summed E-state index contributed by atoms with van der Waals surface area (Å²) in [5.41, 5.74) is -2.41. The molecule has 0 saturated heterocycles. The van der Waals surface area contributed by atoms with Crippen LogP contribution in [0.2, 0.25) is 5.02 Å². The van der Waals surface area contributed by atoms with Gasteiger partial charge in [0.15, 0.2) is 11.8 Å². The summed E-state index contributed by atoms with van der Waals surface area (Å²) in [5.74, 6) is -2.21. The number of hydrogen-bond acceptors (Lipinski definition) is 4. The molecule has 1 atom stereocenters. The SMILES string of the molecule is C[C@H]1Oc2cc(F)c(-c3nn(C)c(C(F)(F)F)c3Cl)c3c2N(CC(=O)N3)C1=O. The highest BCUT2D eigenvalue weighted by molar-refractivity contribution is 6.34. The first kappa shape index (κ1) is 18.5. The second kappa shape index (κ2) is 5.84. The number of amides is 2. The molecular weight excluding hydrogens is 408 g/mol. The topological polar surface area (TPSA) is 76.5 Å². The fraction of sp³-hybridized carbons (Fsp3) is 0.312. The minimum Gasteiger partial charge on any atom is -0.478 e. The Balaban J connectivity index is 2.02. The van der Waals surface area contributed by atoms with Crippen molar-refractivity contribution in [2.24, 2.45) is 7.05 Å². The molecule has 2 aromatic rings. The van der Waals surface area contributed by atoms with Crippen molar-refractivity contribution < 1.29 is 31.9 Å². The van der Waals surface area contributed by atoms with Crippen LogP contribution in [0.25, 0.3) is 11.3 Å². The van der Waals surface area contributed by atoms with Gasteiger partial charge in [-0.1, -0.05) is 11.6 Å². The van der Waals surface area contributed by atoms with E-state index in [4.69, 9.17) is 16.3 Å². The summed E-state index contributed by atoms with van der Waals surface area (Å²) in [6, 6.07) is 0.930. The quantitative estimate of drug-likeness (QED) is 0.722.